The summed E-state index contributed by atoms with van der Waals surface area (Å²) in [5, 5.41) is 8.95. The number of carboxylic acid groups (broad SMARTS) is 1. The van der Waals surface area contributed by atoms with Gasteiger partial charge in [-0.05, 0) is 37.0 Å². The number of aliphatic carboxylic acids is 1. The molecule has 7 heteroatoms. The first kappa shape index (κ1) is 16.5. The van der Waals surface area contributed by atoms with Crippen LogP contribution in [0.25, 0.3) is 0 Å². The Bertz CT molecular complexity index is 767. The molecule has 2 heterocycles. The molecule has 1 aliphatic heterocycles. The minimum atomic E-state index is -0.933. The van der Waals surface area contributed by atoms with Gasteiger partial charge in [-0.25, -0.2) is 0 Å². The van der Waals surface area contributed by atoms with Crippen molar-refractivity contribution < 1.29 is 14.6 Å². The lowest BCUT2D eigenvalue weighted by molar-refractivity contribution is -0.137. The Labute approximate surface area is 145 Å². The normalized spacial score (nSPS) is 13.5. The largest absolute Gasteiger partial charge is 0.481 e. The van der Waals surface area contributed by atoms with Crippen LogP contribution in [-0.2, 0) is 11.2 Å². The van der Waals surface area contributed by atoms with Crippen LogP contribution in [-0.4, -0.2) is 34.2 Å². The number of nitrogens with zero attached hydrogens (tertiary/aromatic N) is 3. The van der Waals surface area contributed by atoms with Crippen molar-refractivity contribution in [2.45, 2.75) is 26.2 Å². The number of carbonyl (C=O) groups is 1. The summed E-state index contributed by atoms with van der Waals surface area (Å²) in [4.78, 5) is 21.1. The Hall–Kier alpha value is -2.34. The number of carboxylic acids is 1. The molecule has 2 aromatic rings. The SMILES string of the molecule is Cc1cccc2c1CCCN2c1cc(Cl)nc(OCCC(=O)O)n1. The second kappa shape index (κ2) is 7.05. The Balaban J connectivity index is 1.89. The van der Waals surface area contributed by atoms with Gasteiger partial charge in [0.05, 0.1) is 6.42 Å². The second-order valence-electron chi connectivity index (χ2n) is 5.65. The summed E-state index contributed by atoms with van der Waals surface area (Å²) in [6.45, 7) is 2.94. The molecule has 1 N–H and O–H groups in total. The monoisotopic (exact) mass is 347 g/mol. The van der Waals surface area contributed by atoms with E-state index < -0.39 is 5.97 Å². The van der Waals surface area contributed by atoms with Gasteiger partial charge in [0, 0.05) is 18.3 Å². The molecular formula is C17H18ClN3O3. The lowest BCUT2D eigenvalue weighted by Gasteiger charge is -2.31. The van der Waals surface area contributed by atoms with Gasteiger partial charge in [-0.1, -0.05) is 23.7 Å². The number of rotatable bonds is 5. The number of ether oxygens (including phenoxy) is 1. The lowest BCUT2D eigenvalue weighted by Crippen LogP contribution is -2.26. The van der Waals surface area contributed by atoms with Gasteiger partial charge in [0.1, 0.15) is 17.6 Å². The van der Waals surface area contributed by atoms with Crippen LogP contribution in [0.2, 0.25) is 5.15 Å². The molecule has 0 unspecified atom stereocenters. The maximum atomic E-state index is 10.6. The van der Waals surface area contributed by atoms with Gasteiger partial charge in [-0.15, -0.1) is 0 Å². The van der Waals surface area contributed by atoms with Gasteiger partial charge in [-0.2, -0.15) is 9.97 Å². The summed E-state index contributed by atoms with van der Waals surface area (Å²) >= 11 is 6.09. The number of aryl methyl sites for hydroxylation is 1. The number of benzene rings is 1. The summed E-state index contributed by atoms with van der Waals surface area (Å²) in [6, 6.07) is 8.00. The number of anilines is 2. The predicted octanol–water partition coefficient (Wildman–Crippen LogP) is 3.38. The minimum Gasteiger partial charge on any atom is -0.481 e. The maximum absolute atomic E-state index is 10.6. The van der Waals surface area contributed by atoms with E-state index in [1.807, 2.05) is 6.07 Å². The number of fused-ring (bicyclic) bond motifs is 1. The molecule has 0 radical (unpaired) electrons. The highest BCUT2D eigenvalue weighted by molar-refractivity contribution is 6.29. The van der Waals surface area contributed by atoms with E-state index in [1.54, 1.807) is 6.07 Å². The molecule has 0 spiro atoms. The molecular weight excluding hydrogens is 330 g/mol. The molecule has 24 heavy (non-hydrogen) atoms. The van der Waals surface area contributed by atoms with Crippen LogP contribution >= 0.6 is 11.6 Å². The molecule has 0 fully saturated rings. The summed E-state index contributed by atoms with van der Waals surface area (Å²) < 4.78 is 5.33. The van der Waals surface area contributed by atoms with Crippen molar-refractivity contribution in [1.29, 1.82) is 0 Å². The van der Waals surface area contributed by atoms with E-state index in [0.29, 0.717) is 5.82 Å². The third-order valence-electron chi connectivity index (χ3n) is 3.97. The van der Waals surface area contributed by atoms with E-state index in [0.717, 1.165) is 25.1 Å². The zero-order chi connectivity index (χ0) is 17.1. The van der Waals surface area contributed by atoms with Crippen molar-refractivity contribution in [2.24, 2.45) is 0 Å². The second-order valence-corrected chi connectivity index (χ2v) is 6.04. The summed E-state index contributed by atoms with van der Waals surface area (Å²) in [6.07, 6.45) is 1.95. The smallest absolute Gasteiger partial charge is 0.319 e. The minimum absolute atomic E-state index is 0.00477. The molecule has 1 aliphatic rings. The van der Waals surface area contributed by atoms with E-state index in [4.69, 9.17) is 21.4 Å². The summed E-state index contributed by atoms with van der Waals surface area (Å²) in [5.41, 5.74) is 3.69. The van der Waals surface area contributed by atoms with Crippen LogP contribution in [0.4, 0.5) is 11.5 Å². The third-order valence-corrected chi connectivity index (χ3v) is 4.16. The summed E-state index contributed by atoms with van der Waals surface area (Å²) in [7, 11) is 0. The molecule has 3 rings (SSSR count). The first-order valence-corrected chi connectivity index (χ1v) is 8.17. The molecule has 0 amide bonds. The van der Waals surface area contributed by atoms with Gasteiger partial charge < -0.3 is 14.7 Å². The zero-order valence-electron chi connectivity index (χ0n) is 13.3. The van der Waals surface area contributed by atoms with E-state index in [1.165, 1.54) is 11.1 Å². The fourth-order valence-electron chi connectivity index (χ4n) is 2.86. The fraction of sp³-hybridized carbons (Fsp3) is 0.353. The third kappa shape index (κ3) is 3.59. The molecule has 0 saturated heterocycles. The van der Waals surface area contributed by atoms with Crippen LogP contribution in [0.1, 0.15) is 24.0 Å². The van der Waals surface area contributed by atoms with Gasteiger partial charge in [-0.3, -0.25) is 4.79 Å². The predicted molar refractivity (Wildman–Crippen MR) is 91.3 cm³/mol. The average Bonchev–Trinajstić information content (AvgIpc) is 2.54. The van der Waals surface area contributed by atoms with Crippen molar-refractivity contribution in [3.63, 3.8) is 0 Å². The van der Waals surface area contributed by atoms with Crippen LogP contribution in [0.15, 0.2) is 24.3 Å². The van der Waals surface area contributed by atoms with Crippen molar-refractivity contribution in [3.8, 4) is 6.01 Å². The molecule has 1 aromatic carbocycles. The zero-order valence-corrected chi connectivity index (χ0v) is 14.1. The van der Waals surface area contributed by atoms with Crippen molar-refractivity contribution in [2.75, 3.05) is 18.1 Å². The summed E-state index contributed by atoms with van der Waals surface area (Å²) in [5.74, 6) is -0.274. The van der Waals surface area contributed by atoms with E-state index in [2.05, 4.69) is 33.9 Å². The van der Waals surface area contributed by atoms with Gasteiger partial charge in [0.15, 0.2) is 0 Å². The topological polar surface area (TPSA) is 75.6 Å². The van der Waals surface area contributed by atoms with Crippen LogP contribution in [0, 0.1) is 6.92 Å². The Morgan fingerprint density at radius 3 is 3.04 bits per heavy atom. The van der Waals surface area contributed by atoms with Crippen molar-refractivity contribution in [3.05, 3.63) is 40.5 Å². The molecule has 0 saturated carbocycles. The Morgan fingerprint density at radius 1 is 1.42 bits per heavy atom. The van der Waals surface area contributed by atoms with Crippen LogP contribution in [0.5, 0.6) is 6.01 Å². The molecule has 126 valence electrons. The van der Waals surface area contributed by atoms with Crippen LogP contribution < -0.4 is 9.64 Å². The molecule has 1 aromatic heterocycles. The Kier molecular flexibility index (Phi) is 4.85. The molecule has 0 aliphatic carbocycles. The highest BCUT2D eigenvalue weighted by Gasteiger charge is 2.21. The van der Waals surface area contributed by atoms with Gasteiger partial charge in [0.25, 0.3) is 0 Å². The number of halogens is 1. The quantitative estimate of drug-likeness (QED) is 0.836. The highest BCUT2D eigenvalue weighted by Crippen LogP contribution is 2.35. The van der Waals surface area contributed by atoms with E-state index >= 15 is 0 Å². The molecule has 6 nitrogen and oxygen atoms in total. The van der Waals surface area contributed by atoms with Crippen molar-refractivity contribution in [1.82, 2.24) is 9.97 Å². The standard InChI is InChI=1S/C17H18ClN3O3/c1-11-4-2-6-13-12(11)5-3-8-21(13)15-10-14(18)19-17(20-15)24-9-7-16(22)23/h2,4,6,10H,3,5,7-9H2,1H3,(H,22,23). The maximum Gasteiger partial charge on any atom is 0.319 e. The van der Waals surface area contributed by atoms with Crippen LogP contribution in [0.3, 0.4) is 0 Å². The average molecular weight is 348 g/mol. The van der Waals surface area contributed by atoms with E-state index in [9.17, 15) is 4.79 Å². The first-order chi connectivity index (χ1) is 11.5. The fourth-order valence-corrected chi connectivity index (χ4v) is 3.03. The number of hydrogen-bond donors (Lipinski definition) is 1. The van der Waals surface area contributed by atoms with Gasteiger partial charge >= 0.3 is 12.0 Å². The number of aromatic nitrogens is 2. The molecule has 0 bridgehead atoms. The highest BCUT2D eigenvalue weighted by atomic mass is 35.5. The lowest BCUT2D eigenvalue weighted by atomic mass is 9.97. The van der Waals surface area contributed by atoms with Gasteiger partial charge in [0.2, 0.25) is 0 Å². The number of hydrogen-bond acceptors (Lipinski definition) is 5. The van der Waals surface area contributed by atoms with E-state index in [-0.39, 0.29) is 24.2 Å². The first-order valence-electron chi connectivity index (χ1n) is 7.80. The van der Waals surface area contributed by atoms with Crippen molar-refractivity contribution >= 4 is 29.1 Å². The Morgan fingerprint density at radius 2 is 2.25 bits per heavy atom. The molecule has 0 atom stereocenters.